The summed E-state index contributed by atoms with van der Waals surface area (Å²) in [5.74, 6) is 1.61. The molecule has 21 heavy (non-hydrogen) atoms. The number of nitrogens with one attached hydrogen (secondary N) is 1. The van der Waals surface area contributed by atoms with Gasteiger partial charge in [0.05, 0.1) is 4.47 Å². The molecule has 0 spiro atoms. The summed E-state index contributed by atoms with van der Waals surface area (Å²) in [4.78, 5) is 0. The van der Waals surface area contributed by atoms with Gasteiger partial charge < -0.3 is 10.1 Å². The highest BCUT2D eigenvalue weighted by Crippen LogP contribution is 2.30. The van der Waals surface area contributed by atoms with E-state index < -0.39 is 0 Å². The molecule has 0 aliphatic rings. The van der Waals surface area contributed by atoms with Crippen LogP contribution in [0.15, 0.2) is 83.3 Å². The van der Waals surface area contributed by atoms with E-state index in [1.165, 1.54) is 0 Å². The van der Waals surface area contributed by atoms with Crippen molar-refractivity contribution >= 4 is 27.3 Å². The van der Waals surface area contributed by atoms with Crippen LogP contribution in [0.25, 0.3) is 0 Å². The standard InChI is InChI=1S/C18H14BrNO/c19-17-8-4-5-9-18(17)21-16-12-10-15(11-13-16)20-14-6-2-1-3-7-14/h1-13,20H. The Kier molecular flexibility index (Phi) is 4.22. The van der Waals surface area contributed by atoms with Crippen molar-refractivity contribution in [2.24, 2.45) is 0 Å². The van der Waals surface area contributed by atoms with Gasteiger partial charge in [0.2, 0.25) is 0 Å². The first-order chi connectivity index (χ1) is 10.3. The van der Waals surface area contributed by atoms with Gasteiger partial charge in [0.25, 0.3) is 0 Å². The van der Waals surface area contributed by atoms with Crippen molar-refractivity contribution in [1.29, 1.82) is 0 Å². The number of halogens is 1. The van der Waals surface area contributed by atoms with Crippen LogP contribution in [0.4, 0.5) is 11.4 Å². The molecule has 0 radical (unpaired) electrons. The molecule has 0 atom stereocenters. The molecule has 3 heteroatoms. The van der Waals surface area contributed by atoms with Crippen LogP contribution < -0.4 is 10.1 Å². The molecule has 0 saturated carbocycles. The van der Waals surface area contributed by atoms with E-state index in [1.807, 2.05) is 78.9 Å². The van der Waals surface area contributed by atoms with Crippen LogP contribution in [-0.4, -0.2) is 0 Å². The minimum atomic E-state index is 0.806. The maximum absolute atomic E-state index is 5.84. The third kappa shape index (κ3) is 3.64. The van der Waals surface area contributed by atoms with Crippen molar-refractivity contribution in [1.82, 2.24) is 0 Å². The molecule has 0 fully saturated rings. The number of benzene rings is 3. The van der Waals surface area contributed by atoms with Gasteiger partial charge in [-0.25, -0.2) is 0 Å². The predicted molar refractivity (Wildman–Crippen MR) is 90.4 cm³/mol. The Morgan fingerprint density at radius 3 is 2.00 bits per heavy atom. The van der Waals surface area contributed by atoms with E-state index in [0.29, 0.717) is 0 Å². The van der Waals surface area contributed by atoms with Gasteiger partial charge >= 0.3 is 0 Å². The quantitative estimate of drug-likeness (QED) is 0.630. The van der Waals surface area contributed by atoms with Crippen LogP contribution in [0.5, 0.6) is 11.5 Å². The zero-order chi connectivity index (χ0) is 14.5. The first-order valence-electron chi connectivity index (χ1n) is 6.66. The molecule has 0 unspecified atom stereocenters. The number of ether oxygens (including phenoxy) is 1. The number of hydrogen-bond donors (Lipinski definition) is 1. The topological polar surface area (TPSA) is 21.3 Å². The van der Waals surface area contributed by atoms with Crippen molar-refractivity contribution in [2.45, 2.75) is 0 Å². The van der Waals surface area contributed by atoms with E-state index in [-0.39, 0.29) is 0 Å². The highest BCUT2D eigenvalue weighted by atomic mass is 79.9. The van der Waals surface area contributed by atoms with E-state index in [2.05, 4.69) is 21.2 Å². The minimum absolute atomic E-state index is 0.806. The van der Waals surface area contributed by atoms with Crippen LogP contribution in [0.2, 0.25) is 0 Å². The molecule has 104 valence electrons. The first kappa shape index (κ1) is 13.7. The van der Waals surface area contributed by atoms with Gasteiger partial charge in [-0.2, -0.15) is 0 Å². The molecule has 0 bridgehead atoms. The monoisotopic (exact) mass is 339 g/mol. The Hall–Kier alpha value is -2.26. The highest BCUT2D eigenvalue weighted by Gasteiger charge is 2.01. The zero-order valence-corrected chi connectivity index (χ0v) is 12.9. The number of anilines is 2. The number of rotatable bonds is 4. The van der Waals surface area contributed by atoms with Crippen LogP contribution in [0.1, 0.15) is 0 Å². The molecule has 3 aromatic carbocycles. The van der Waals surface area contributed by atoms with Crippen molar-refractivity contribution in [3.05, 3.63) is 83.3 Å². The molecular weight excluding hydrogens is 326 g/mol. The summed E-state index contributed by atoms with van der Waals surface area (Å²) in [7, 11) is 0. The largest absolute Gasteiger partial charge is 0.456 e. The summed E-state index contributed by atoms with van der Waals surface area (Å²) in [6, 6.07) is 25.8. The lowest BCUT2D eigenvalue weighted by molar-refractivity contribution is 0.480. The summed E-state index contributed by atoms with van der Waals surface area (Å²) in [5, 5.41) is 3.34. The van der Waals surface area contributed by atoms with Gasteiger partial charge in [-0.15, -0.1) is 0 Å². The second-order valence-electron chi connectivity index (χ2n) is 4.55. The van der Waals surface area contributed by atoms with Crippen molar-refractivity contribution in [3.63, 3.8) is 0 Å². The molecule has 0 saturated heterocycles. The van der Waals surface area contributed by atoms with Crippen molar-refractivity contribution < 1.29 is 4.74 Å². The second-order valence-corrected chi connectivity index (χ2v) is 5.40. The third-order valence-corrected chi connectivity index (χ3v) is 3.64. The summed E-state index contributed by atoms with van der Waals surface area (Å²) in [5.41, 5.74) is 2.10. The van der Waals surface area contributed by atoms with Gasteiger partial charge in [-0.05, 0) is 64.5 Å². The Balaban J connectivity index is 1.71. The Morgan fingerprint density at radius 1 is 0.667 bits per heavy atom. The molecule has 0 amide bonds. The molecular formula is C18H14BrNO. The van der Waals surface area contributed by atoms with Crippen LogP contribution >= 0.6 is 15.9 Å². The fourth-order valence-electron chi connectivity index (χ4n) is 1.95. The van der Waals surface area contributed by atoms with Gasteiger partial charge in [-0.3, -0.25) is 0 Å². The van der Waals surface area contributed by atoms with E-state index >= 15 is 0 Å². The van der Waals surface area contributed by atoms with Crippen LogP contribution in [0, 0.1) is 0 Å². The maximum Gasteiger partial charge on any atom is 0.141 e. The van der Waals surface area contributed by atoms with Gasteiger partial charge in [0.15, 0.2) is 0 Å². The zero-order valence-electron chi connectivity index (χ0n) is 11.3. The Bertz CT molecular complexity index is 711. The lowest BCUT2D eigenvalue weighted by Crippen LogP contribution is -1.90. The average Bonchev–Trinajstić information content (AvgIpc) is 2.52. The summed E-state index contributed by atoms with van der Waals surface area (Å²) in [6.07, 6.45) is 0. The third-order valence-electron chi connectivity index (χ3n) is 2.98. The second kappa shape index (κ2) is 6.46. The Morgan fingerprint density at radius 2 is 1.29 bits per heavy atom. The fourth-order valence-corrected chi connectivity index (χ4v) is 2.31. The minimum Gasteiger partial charge on any atom is -0.456 e. The molecule has 0 aliphatic heterocycles. The maximum atomic E-state index is 5.84. The fraction of sp³-hybridized carbons (Fsp3) is 0. The van der Waals surface area contributed by atoms with E-state index in [9.17, 15) is 0 Å². The van der Waals surface area contributed by atoms with Gasteiger partial charge in [-0.1, -0.05) is 30.3 Å². The van der Waals surface area contributed by atoms with Gasteiger partial charge in [0.1, 0.15) is 11.5 Å². The highest BCUT2D eigenvalue weighted by molar-refractivity contribution is 9.10. The van der Waals surface area contributed by atoms with E-state index in [4.69, 9.17) is 4.74 Å². The predicted octanol–water partition coefficient (Wildman–Crippen LogP) is 5.99. The van der Waals surface area contributed by atoms with E-state index in [0.717, 1.165) is 27.3 Å². The molecule has 0 aromatic heterocycles. The van der Waals surface area contributed by atoms with Crippen LogP contribution in [0.3, 0.4) is 0 Å². The summed E-state index contributed by atoms with van der Waals surface area (Å²) >= 11 is 3.48. The molecule has 0 heterocycles. The first-order valence-corrected chi connectivity index (χ1v) is 7.45. The Labute approximate surface area is 132 Å². The molecule has 0 aliphatic carbocycles. The average molecular weight is 340 g/mol. The molecule has 3 rings (SSSR count). The SMILES string of the molecule is Brc1ccccc1Oc1ccc(Nc2ccccc2)cc1. The normalized spacial score (nSPS) is 10.1. The van der Waals surface area contributed by atoms with Crippen LogP contribution in [-0.2, 0) is 0 Å². The molecule has 3 aromatic rings. The number of hydrogen-bond acceptors (Lipinski definition) is 2. The van der Waals surface area contributed by atoms with Crippen molar-refractivity contribution in [3.8, 4) is 11.5 Å². The molecule has 2 nitrogen and oxygen atoms in total. The van der Waals surface area contributed by atoms with Crippen molar-refractivity contribution in [2.75, 3.05) is 5.32 Å². The lowest BCUT2D eigenvalue weighted by atomic mass is 10.2. The lowest BCUT2D eigenvalue weighted by Gasteiger charge is -2.09. The number of para-hydroxylation sites is 2. The van der Waals surface area contributed by atoms with Gasteiger partial charge in [0, 0.05) is 11.4 Å². The summed E-state index contributed by atoms with van der Waals surface area (Å²) in [6.45, 7) is 0. The summed E-state index contributed by atoms with van der Waals surface area (Å²) < 4.78 is 6.78. The smallest absolute Gasteiger partial charge is 0.141 e. The molecule has 1 N–H and O–H groups in total. The van der Waals surface area contributed by atoms with E-state index in [1.54, 1.807) is 0 Å².